The molecule has 8 heteroatoms. The molecule has 0 atom stereocenters. The van der Waals surface area contributed by atoms with Gasteiger partial charge in [-0.05, 0) is 36.4 Å². The third-order valence-corrected chi connectivity index (χ3v) is 3.61. The molecule has 0 saturated carbocycles. The van der Waals surface area contributed by atoms with Crippen molar-refractivity contribution < 1.29 is 14.6 Å². The number of ether oxygens (including phenoxy) is 1. The summed E-state index contributed by atoms with van der Waals surface area (Å²) in [6, 6.07) is 9.86. The Kier molecular flexibility index (Phi) is 4.76. The largest absolute Gasteiger partial charge is 0.494 e. The highest BCUT2D eigenvalue weighted by Gasteiger charge is 2.20. The van der Waals surface area contributed by atoms with Crippen molar-refractivity contribution in [1.29, 1.82) is 0 Å². The van der Waals surface area contributed by atoms with Gasteiger partial charge in [-0.25, -0.2) is 14.7 Å². The van der Waals surface area contributed by atoms with Crippen LogP contribution in [0.4, 0.5) is 16.3 Å². The number of halogens is 1. The average molecular weight is 357 g/mol. The van der Waals surface area contributed by atoms with Crippen LogP contribution in [-0.4, -0.2) is 33.3 Å². The second-order valence-corrected chi connectivity index (χ2v) is 5.35. The lowest BCUT2D eigenvalue weighted by Gasteiger charge is -2.18. The van der Waals surface area contributed by atoms with E-state index in [1.165, 1.54) is 19.5 Å². The number of nitrogens with zero attached hydrogens (tertiary/aromatic N) is 4. The molecule has 25 heavy (non-hydrogen) atoms. The number of rotatable bonds is 4. The van der Waals surface area contributed by atoms with Gasteiger partial charge in [0.1, 0.15) is 17.1 Å². The van der Waals surface area contributed by atoms with E-state index in [0.717, 1.165) is 4.90 Å². The predicted molar refractivity (Wildman–Crippen MR) is 93.4 cm³/mol. The molecule has 0 aliphatic carbocycles. The lowest BCUT2D eigenvalue weighted by molar-refractivity contribution is 0.204. The highest BCUT2D eigenvalue weighted by Crippen LogP contribution is 2.29. The second kappa shape index (κ2) is 7.14. The molecule has 1 aromatic carbocycles. The fraction of sp³-hybridized carbons (Fsp3) is 0.0588. The van der Waals surface area contributed by atoms with Gasteiger partial charge in [0.15, 0.2) is 5.82 Å². The highest BCUT2D eigenvalue weighted by molar-refractivity contribution is 6.30. The van der Waals surface area contributed by atoms with E-state index in [0.29, 0.717) is 27.8 Å². The minimum atomic E-state index is -1.19. The Balaban J connectivity index is 2.07. The Morgan fingerprint density at radius 1 is 1.20 bits per heavy atom. The van der Waals surface area contributed by atoms with Crippen molar-refractivity contribution in [3.8, 4) is 17.1 Å². The number of carboxylic acid groups (broad SMARTS) is 1. The van der Waals surface area contributed by atoms with Crippen molar-refractivity contribution in [1.82, 2.24) is 15.0 Å². The van der Waals surface area contributed by atoms with Gasteiger partial charge in [0.05, 0.1) is 25.2 Å². The number of anilines is 2. The molecule has 3 aromatic rings. The number of pyridine rings is 1. The summed E-state index contributed by atoms with van der Waals surface area (Å²) in [4.78, 5) is 25.5. The molecule has 0 unspecified atom stereocenters. The highest BCUT2D eigenvalue weighted by atomic mass is 35.5. The predicted octanol–water partition coefficient (Wildman–Crippen LogP) is 4.02. The zero-order chi connectivity index (χ0) is 17.8. The van der Waals surface area contributed by atoms with Crippen LogP contribution in [0.15, 0.2) is 55.0 Å². The zero-order valence-corrected chi connectivity index (χ0v) is 13.9. The van der Waals surface area contributed by atoms with Crippen molar-refractivity contribution >= 4 is 29.2 Å². The molecule has 0 saturated heterocycles. The third-order valence-electron chi connectivity index (χ3n) is 3.36. The Morgan fingerprint density at radius 2 is 1.96 bits per heavy atom. The maximum atomic E-state index is 11.7. The van der Waals surface area contributed by atoms with Crippen LogP contribution in [0.5, 0.6) is 5.75 Å². The van der Waals surface area contributed by atoms with Crippen LogP contribution >= 0.6 is 11.6 Å². The molecule has 0 radical (unpaired) electrons. The number of methoxy groups -OCH3 is 1. The molecule has 0 fully saturated rings. The standard InChI is InChI=1S/C17H13ClN4O3/c1-25-14-3-2-8-20-16(14)13-9-19-10-15(21-13)22(17(23)24)12-6-4-11(18)5-7-12/h2-10H,1H3,(H,23,24). The number of aromatic nitrogens is 3. The van der Waals surface area contributed by atoms with Crippen LogP contribution in [0, 0.1) is 0 Å². The summed E-state index contributed by atoms with van der Waals surface area (Å²) in [6.07, 6.45) is 3.26. The van der Waals surface area contributed by atoms with E-state index in [4.69, 9.17) is 16.3 Å². The van der Waals surface area contributed by atoms with E-state index in [2.05, 4.69) is 15.0 Å². The van der Waals surface area contributed by atoms with Gasteiger partial charge in [-0.2, -0.15) is 0 Å². The molecule has 0 aliphatic heterocycles. The normalized spacial score (nSPS) is 10.3. The van der Waals surface area contributed by atoms with Crippen molar-refractivity contribution in [2.45, 2.75) is 0 Å². The first-order valence-electron chi connectivity index (χ1n) is 7.20. The van der Waals surface area contributed by atoms with Gasteiger partial charge in [-0.3, -0.25) is 9.97 Å². The van der Waals surface area contributed by atoms with Gasteiger partial charge < -0.3 is 9.84 Å². The molecule has 3 rings (SSSR count). The van der Waals surface area contributed by atoms with Gasteiger partial charge in [0.25, 0.3) is 0 Å². The first-order valence-corrected chi connectivity index (χ1v) is 7.58. The molecule has 7 nitrogen and oxygen atoms in total. The molecule has 126 valence electrons. The van der Waals surface area contributed by atoms with E-state index in [9.17, 15) is 9.90 Å². The first-order chi connectivity index (χ1) is 12.1. The third kappa shape index (κ3) is 3.51. The lowest BCUT2D eigenvalue weighted by atomic mass is 10.2. The van der Waals surface area contributed by atoms with Crippen molar-refractivity contribution in [3.63, 3.8) is 0 Å². The Hall–Kier alpha value is -3.19. The maximum Gasteiger partial charge on any atom is 0.417 e. The minimum absolute atomic E-state index is 0.139. The lowest BCUT2D eigenvalue weighted by Crippen LogP contribution is -2.24. The molecule has 1 N–H and O–H groups in total. The van der Waals surface area contributed by atoms with E-state index in [1.807, 2.05) is 0 Å². The fourth-order valence-corrected chi connectivity index (χ4v) is 2.38. The summed E-state index contributed by atoms with van der Waals surface area (Å²) >= 11 is 5.86. The summed E-state index contributed by atoms with van der Waals surface area (Å²) in [6.45, 7) is 0. The van der Waals surface area contributed by atoms with E-state index in [1.54, 1.807) is 42.6 Å². The van der Waals surface area contributed by atoms with Crippen LogP contribution in [0.25, 0.3) is 11.4 Å². The summed E-state index contributed by atoms with van der Waals surface area (Å²) in [5, 5.41) is 10.1. The minimum Gasteiger partial charge on any atom is -0.494 e. The van der Waals surface area contributed by atoms with Gasteiger partial charge in [0.2, 0.25) is 0 Å². The van der Waals surface area contributed by atoms with Gasteiger partial charge in [-0.15, -0.1) is 0 Å². The number of amides is 1. The van der Waals surface area contributed by atoms with Gasteiger partial charge in [-0.1, -0.05) is 11.6 Å². The second-order valence-electron chi connectivity index (χ2n) is 4.91. The Morgan fingerprint density at radius 3 is 2.64 bits per heavy atom. The van der Waals surface area contributed by atoms with Crippen molar-refractivity contribution in [2.24, 2.45) is 0 Å². The number of benzene rings is 1. The number of hydrogen-bond acceptors (Lipinski definition) is 5. The zero-order valence-electron chi connectivity index (χ0n) is 13.1. The van der Waals surface area contributed by atoms with Crippen LogP contribution in [0.1, 0.15) is 0 Å². The molecule has 0 spiro atoms. The molecular formula is C17H13ClN4O3. The molecule has 2 aromatic heterocycles. The van der Waals surface area contributed by atoms with Crippen LogP contribution < -0.4 is 9.64 Å². The summed E-state index contributed by atoms with van der Waals surface area (Å²) in [7, 11) is 1.52. The van der Waals surface area contributed by atoms with Crippen LogP contribution in [0.3, 0.4) is 0 Å². The van der Waals surface area contributed by atoms with Crippen LogP contribution in [0.2, 0.25) is 5.02 Å². The van der Waals surface area contributed by atoms with E-state index >= 15 is 0 Å². The van der Waals surface area contributed by atoms with Gasteiger partial charge >= 0.3 is 6.09 Å². The van der Waals surface area contributed by atoms with Gasteiger partial charge in [0, 0.05) is 11.2 Å². The van der Waals surface area contributed by atoms with E-state index in [-0.39, 0.29) is 5.82 Å². The maximum absolute atomic E-state index is 11.7. The fourth-order valence-electron chi connectivity index (χ4n) is 2.26. The molecule has 0 aliphatic rings. The van der Waals surface area contributed by atoms with Crippen molar-refractivity contribution in [3.05, 3.63) is 60.0 Å². The smallest absolute Gasteiger partial charge is 0.417 e. The number of hydrogen-bond donors (Lipinski definition) is 1. The summed E-state index contributed by atoms with van der Waals surface area (Å²) in [5.74, 6) is 0.655. The summed E-state index contributed by atoms with van der Waals surface area (Å²) in [5.41, 5.74) is 1.27. The monoisotopic (exact) mass is 356 g/mol. The molecule has 1 amide bonds. The van der Waals surface area contributed by atoms with Crippen molar-refractivity contribution in [2.75, 3.05) is 12.0 Å². The Labute approximate surface area is 148 Å². The summed E-state index contributed by atoms with van der Waals surface area (Å²) < 4.78 is 5.27. The topological polar surface area (TPSA) is 88.4 Å². The molecule has 2 heterocycles. The quantitative estimate of drug-likeness (QED) is 0.759. The van der Waals surface area contributed by atoms with E-state index < -0.39 is 6.09 Å². The number of carbonyl (C=O) groups is 1. The average Bonchev–Trinajstić information content (AvgIpc) is 2.63. The molecular weight excluding hydrogens is 344 g/mol. The SMILES string of the molecule is COc1cccnc1-c1cncc(N(C(=O)O)c2ccc(Cl)cc2)n1. The first kappa shape index (κ1) is 16.7. The molecule has 0 bridgehead atoms. The Bertz CT molecular complexity index is 902. The van der Waals surface area contributed by atoms with Crippen LogP contribution in [-0.2, 0) is 0 Å².